The highest BCUT2D eigenvalue weighted by atomic mass is 19.1. The largest absolute Gasteiger partial charge is 0.346 e. The lowest BCUT2D eigenvalue weighted by Crippen LogP contribution is -2.35. The zero-order chi connectivity index (χ0) is 20.2. The molecule has 0 spiro atoms. The van der Waals surface area contributed by atoms with E-state index in [9.17, 15) is 14.0 Å². The minimum Gasteiger partial charge on any atom is -0.346 e. The van der Waals surface area contributed by atoms with E-state index in [1.807, 2.05) is 30.3 Å². The van der Waals surface area contributed by atoms with Crippen LogP contribution >= 0.6 is 0 Å². The Hall–Kier alpha value is -3.87. The van der Waals surface area contributed by atoms with Crippen LogP contribution in [0, 0.1) is 5.82 Å². The van der Waals surface area contributed by atoms with Crippen molar-refractivity contribution in [3.05, 3.63) is 106 Å². The number of nitrogens with one attached hydrogen (secondary N) is 1. The third-order valence-corrected chi connectivity index (χ3v) is 4.47. The second-order valence-corrected chi connectivity index (χ2v) is 6.49. The molecule has 0 aliphatic carbocycles. The molecule has 4 rings (SSSR count). The second kappa shape index (κ2) is 8.02. The summed E-state index contributed by atoms with van der Waals surface area (Å²) in [5, 5.41) is 2.67. The number of fused-ring (bicyclic) bond motifs is 1. The molecule has 0 radical (unpaired) electrons. The van der Waals surface area contributed by atoms with E-state index in [4.69, 9.17) is 0 Å². The first kappa shape index (κ1) is 18.5. The summed E-state index contributed by atoms with van der Waals surface area (Å²) in [5.74, 6) is -0.945. The molecule has 1 N–H and O–H groups in total. The Labute approximate surface area is 165 Å². The lowest BCUT2D eigenvalue weighted by molar-refractivity contribution is 0.0944. The van der Waals surface area contributed by atoms with Gasteiger partial charge in [0.2, 0.25) is 0 Å². The lowest BCUT2D eigenvalue weighted by atomic mass is 10.2. The summed E-state index contributed by atoms with van der Waals surface area (Å²) >= 11 is 0. The van der Waals surface area contributed by atoms with Crippen LogP contribution in [-0.2, 0) is 13.1 Å². The van der Waals surface area contributed by atoms with Crippen LogP contribution in [0.5, 0.6) is 0 Å². The molecule has 144 valence electrons. The second-order valence-electron chi connectivity index (χ2n) is 6.49. The van der Waals surface area contributed by atoms with Crippen molar-refractivity contribution in [3.8, 4) is 0 Å². The summed E-state index contributed by atoms with van der Waals surface area (Å²) in [7, 11) is 0. The number of pyridine rings is 1. The monoisotopic (exact) mass is 388 g/mol. The zero-order valence-electron chi connectivity index (χ0n) is 15.4. The lowest BCUT2D eigenvalue weighted by Gasteiger charge is -2.12. The highest BCUT2D eigenvalue weighted by Gasteiger charge is 2.18. The van der Waals surface area contributed by atoms with Crippen molar-refractivity contribution in [1.29, 1.82) is 0 Å². The minimum absolute atomic E-state index is 0.157. The molecular formula is C22H17FN4O2. The number of hydrogen-bond acceptors (Lipinski definition) is 4. The maximum absolute atomic E-state index is 13.0. The summed E-state index contributed by atoms with van der Waals surface area (Å²) in [4.78, 5) is 34.2. The fraction of sp³-hybridized carbons (Fsp3) is 0.0909. The van der Waals surface area contributed by atoms with E-state index in [2.05, 4.69) is 15.3 Å². The molecule has 0 saturated heterocycles. The van der Waals surface area contributed by atoms with Crippen molar-refractivity contribution >= 4 is 17.1 Å². The van der Waals surface area contributed by atoms with Gasteiger partial charge in [-0.15, -0.1) is 0 Å². The number of rotatable bonds is 5. The molecular weight excluding hydrogens is 371 g/mol. The number of nitrogens with zero attached hydrogens (tertiary/aromatic N) is 3. The van der Waals surface area contributed by atoms with Crippen LogP contribution in [0.1, 0.15) is 21.6 Å². The summed E-state index contributed by atoms with van der Waals surface area (Å²) in [6, 6.07) is 18.6. The van der Waals surface area contributed by atoms with Gasteiger partial charge in [-0.25, -0.2) is 14.4 Å². The molecule has 6 nitrogen and oxygen atoms in total. The van der Waals surface area contributed by atoms with Gasteiger partial charge in [0.05, 0.1) is 6.54 Å². The van der Waals surface area contributed by atoms with Crippen molar-refractivity contribution in [1.82, 2.24) is 19.9 Å². The van der Waals surface area contributed by atoms with Crippen LogP contribution < -0.4 is 10.9 Å². The number of halogens is 1. The molecule has 0 saturated carbocycles. The molecule has 7 heteroatoms. The molecule has 4 aromatic rings. The minimum atomic E-state index is -0.591. The van der Waals surface area contributed by atoms with E-state index in [0.29, 0.717) is 16.7 Å². The molecule has 0 aliphatic rings. The number of carbonyl (C=O) groups excluding carboxylic acids is 1. The number of carbonyl (C=O) groups is 1. The third-order valence-electron chi connectivity index (χ3n) is 4.47. The van der Waals surface area contributed by atoms with Crippen molar-refractivity contribution < 1.29 is 9.18 Å². The van der Waals surface area contributed by atoms with Crippen LogP contribution in [0.3, 0.4) is 0 Å². The Morgan fingerprint density at radius 1 is 0.966 bits per heavy atom. The fourth-order valence-electron chi connectivity index (χ4n) is 3.00. The number of benzene rings is 2. The van der Waals surface area contributed by atoms with Crippen molar-refractivity contribution in [2.75, 3.05) is 0 Å². The van der Waals surface area contributed by atoms with Crippen LogP contribution in [0.4, 0.5) is 4.39 Å². The van der Waals surface area contributed by atoms with Crippen molar-refractivity contribution in [2.24, 2.45) is 0 Å². The van der Waals surface area contributed by atoms with Gasteiger partial charge >= 0.3 is 0 Å². The predicted molar refractivity (Wildman–Crippen MR) is 107 cm³/mol. The summed E-state index contributed by atoms with van der Waals surface area (Å²) < 4.78 is 14.5. The number of amides is 1. The first-order chi connectivity index (χ1) is 14.1. The van der Waals surface area contributed by atoms with E-state index in [-0.39, 0.29) is 24.6 Å². The van der Waals surface area contributed by atoms with Gasteiger partial charge in [0.25, 0.3) is 11.5 Å². The Morgan fingerprint density at radius 3 is 2.48 bits per heavy atom. The van der Waals surface area contributed by atoms with Gasteiger partial charge in [0, 0.05) is 12.7 Å². The molecule has 0 bridgehead atoms. The molecule has 1 amide bonds. The van der Waals surface area contributed by atoms with Gasteiger partial charge in [0.1, 0.15) is 11.3 Å². The van der Waals surface area contributed by atoms with Crippen molar-refractivity contribution in [3.63, 3.8) is 0 Å². The van der Waals surface area contributed by atoms with E-state index in [1.165, 1.54) is 16.7 Å². The van der Waals surface area contributed by atoms with E-state index < -0.39 is 11.5 Å². The van der Waals surface area contributed by atoms with Gasteiger partial charge in [-0.05, 0) is 35.4 Å². The standard InChI is InChI=1S/C22H17FN4O2/c23-17-10-8-15(9-11-17)13-25-21(28)19-22(29)27(14-16-5-2-1-3-6-16)20-18(26-19)7-4-12-24-20/h1-12H,13-14H2,(H,25,28). The maximum atomic E-state index is 13.0. The van der Waals surface area contributed by atoms with Crippen LogP contribution in [-0.4, -0.2) is 20.4 Å². The average molecular weight is 388 g/mol. The Balaban J connectivity index is 1.68. The Morgan fingerprint density at radius 2 is 1.72 bits per heavy atom. The van der Waals surface area contributed by atoms with Gasteiger partial charge in [-0.2, -0.15) is 0 Å². The first-order valence-electron chi connectivity index (χ1n) is 9.04. The quantitative estimate of drug-likeness (QED) is 0.570. The maximum Gasteiger partial charge on any atom is 0.284 e. The van der Waals surface area contributed by atoms with E-state index in [1.54, 1.807) is 30.5 Å². The summed E-state index contributed by atoms with van der Waals surface area (Å²) in [6.07, 6.45) is 1.58. The van der Waals surface area contributed by atoms with Crippen LogP contribution in [0.2, 0.25) is 0 Å². The highest BCUT2D eigenvalue weighted by molar-refractivity contribution is 5.93. The molecule has 29 heavy (non-hydrogen) atoms. The van der Waals surface area contributed by atoms with Crippen LogP contribution in [0.15, 0.2) is 77.7 Å². The SMILES string of the molecule is O=C(NCc1ccc(F)cc1)c1nc2cccnc2n(Cc2ccccc2)c1=O. The van der Waals surface area contributed by atoms with Gasteiger partial charge in [-0.1, -0.05) is 42.5 Å². The molecule has 2 heterocycles. The van der Waals surface area contributed by atoms with Gasteiger partial charge in [0.15, 0.2) is 11.3 Å². The predicted octanol–water partition coefficient (Wildman–Crippen LogP) is 2.91. The smallest absolute Gasteiger partial charge is 0.284 e. The summed E-state index contributed by atoms with van der Waals surface area (Å²) in [6.45, 7) is 0.429. The normalized spacial score (nSPS) is 10.8. The molecule has 0 fully saturated rings. The average Bonchev–Trinajstić information content (AvgIpc) is 2.75. The van der Waals surface area contributed by atoms with Gasteiger partial charge < -0.3 is 5.32 Å². The molecule has 2 aromatic carbocycles. The Bertz CT molecular complexity index is 1220. The third kappa shape index (κ3) is 4.03. The fourth-order valence-corrected chi connectivity index (χ4v) is 3.00. The first-order valence-corrected chi connectivity index (χ1v) is 9.04. The van der Waals surface area contributed by atoms with E-state index >= 15 is 0 Å². The molecule has 0 atom stereocenters. The Kier molecular flexibility index (Phi) is 5.11. The topological polar surface area (TPSA) is 76.9 Å². The highest BCUT2D eigenvalue weighted by Crippen LogP contribution is 2.10. The zero-order valence-corrected chi connectivity index (χ0v) is 15.4. The number of aromatic nitrogens is 3. The van der Waals surface area contributed by atoms with E-state index in [0.717, 1.165) is 5.56 Å². The summed E-state index contributed by atoms with van der Waals surface area (Å²) in [5.41, 5.74) is 1.77. The van der Waals surface area contributed by atoms with Crippen molar-refractivity contribution in [2.45, 2.75) is 13.1 Å². The number of hydrogen-bond donors (Lipinski definition) is 1. The molecule has 0 aliphatic heterocycles. The molecule has 0 unspecified atom stereocenters. The molecule has 2 aromatic heterocycles. The van der Waals surface area contributed by atoms with Crippen LogP contribution in [0.25, 0.3) is 11.2 Å². The van der Waals surface area contributed by atoms with Gasteiger partial charge in [-0.3, -0.25) is 14.2 Å².